The minimum absolute atomic E-state index is 0.397. The number of nitrogens with two attached hydrogens (primary N) is 1. The molecule has 14 heavy (non-hydrogen) atoms. The first-order chi connectivity index (χ1) is 6.65. The monoisotopic (exact) mass is 193 g/mol. The van der Waals surface area contributed by atoms with Crippen LogP contribution in [0.15, 0.2) is 30.3 Å². The van der Waals surface area contributed by atoms with Gasteiger partial charge in [-0.05, 0) is 12.0 Å². The molecule has 1 rings (SSSR count). The Morgan fingerprint density at radius 3 is 2.43 bits per heavy atom. The van der Waals surface area contributed by atoms with E-state index in [9.17, 15) is 4.79 Å². The lowest BCUT2D eigenvalue weighted by atomic mass is 9.88. The van der Waals surface area contributed by atoms with Crippen molar-refractivity contribution >= 4 is 5.97 Å². The summed E-state index contributed by atoms with van der Waals surface area (Å²) < 4.78 is 4.70. The van der Waals surface area contributed by atoms with Gasteiger partial charge in [-0.3, -0.25) is 0 Å². The summed E-state index contributed by atoms with van der Waals surface area (Å²) in [5.74, 6) is -0.397. The molecular weight excluding hydrogens is 178 g/mol. The first-order valence-electron chi connectivity index (χ1n) is 4.58. The lowest BCUT2D eigenvalue weighted by molar-refractivity contribution is -0.147. The van der Waals surface area contributed by atoms with Crippen LogP contribution in [0.1, 0.15) is 18.9 Å². The predicted octanol–water partition coefficient (Wildman–Crippen LogP) is 1.42. The van der Waals surface area contributed by atoms with E-state index in [2.05, 4.69) is 0 Å². The molecule has 0 bridgehead atoms. The van der Waals surface area contributed by atoms with Crippen LogP contribution < -0.4 is 5.73 Å². The van der Waals surface area contributed by atoms with E-state index in [1.807, 2.05) is 37.3 Å². The fourth-order valence-electron chi connectivity index (χ4n) is 1.38. The Morgan fingerprint density at radius 1 is 1.43 bits per heavy atom. The SMILES string of the molecule is CC[C@](N)(C(=O)OC)c1ccccc1. The summed E-state index contributed by atoms with van der Waals surface area (Å²) >= 11 is 0. The Morgan fingerprint density at radius 2 is 2.00 bits per heavy atom. The van der Waals surface area contributed by atoms with Gasteiger partial charge in [0.2, 0.25) is 0 Å². The van der Waals surface area contributed by atoms with Gasteiger partial charge < -0.3 is 10.5 Å². The van der Waals surface area contributed by atoms with Crippen molar-refractivity contribution in [3.8, 4) is 0 Å². The quantitative estimate of drug-likeness (QED) is 0.739. The topological polar surface area (TPSA) is 52.3 Å². The van der Waals surface area contributed by atoms with Crippen LogP contribution in [0.25, 0.3) is 0 Å². The predicted molar refractivity (Wildman–Crippen MR) is 54.6 cm³/mol. The second-order valence-corrected chi connectivity index (χ2v) is 3.18. The van der Waals surface area contributed by atoms with Crippen LogP contribution in [-0.4, -0.2) is 13.1 Å². The lowest BCUT2D eigenvalue weighted by Crippen LogP contribution is -2.45. The van der Waals surface area contributed by atoms with Gasteiger partial charge in [0.05, 0.1) is 7.11 Å². The minimum Gasteiger partial charge on any atom is -0.467 e. The smallest absolute Gasteiger partial charge is 0.330 e. The van der Waals surface area contributed by atoms with E-state index in [-0.39, 0.29) is 0 Å². The highest BCUT2D eigenvalue weighted by Crippen LogP contribution is 2.22. The van der Waals surface area contributed by atoms with Gasteiger partial charge in [-0.2, -0.15) is 0 Å². The molecular formula is C11H15NO2. The summed E-state index contributed by atoms with van der Waals surface area (Å²) in [6.45, 7) is 1.86. The summed E-state index contributed by atoms with van der Waals surface area (Å²) in [5, 5.41) is 0. The van der Waals surface area contributed by atoms with Crippen LogP contribution >= 0.6 is 0 Å². The van der Waals surface area contributed by atoms with Crippen molar-refractivity contribution in [1.29, 1.82) is 0 Å². The number of benzene rings is 1. The third-order valence-electron chi connectivity index (χ3n) is 2.40. The number of hydrogen-bond donors (Lipinski definition) is 1. The molecule has 0 aliphatic carbocycles. The fourth-order valence-corrected chi connectivity index (χ4v) is 1.38. The van der Waals surface area contributed by atoms with Crippen LogP contribution in [0.5, 0.6) is 0 Å². The average molecular weight is 193 g/mol. The number of methoxy groups -OCH3 is 1. The van der Waals surface area contributed by atoms with E-state index in [0.29, 0.717) is 6.42 Å². The second-order valence-electron chi connectivity index (χ2n) is 3.18. The highest BCUT2D eigenvalue weighted by Gasteiger charge is 2.34. The Labute approximate surface area is 83.9 Å². The largest absolute Gasteiger partial charge is 0.467 e. The number of esters is 1. The molecule has 0 heterocycles. The lowest BCUT2D eigenvalue weighted by Gasteiger charge is -2.25. The van der Waals surface area contributed by atoms with Gasteiger partial charge in [-0.15, -0.1) is 0 Å². The number of hydrogen-bond acceptors (Lipinski definition) is 3. The second kappa shape index (κ2) is 4.24. The van der Waals surface area contributed by atoms with Crippen molar-refractivity contribution in [3.63, 3.8) is 0 Å². The molecule has 1 atom stereocenters. The Bertz CT molecular complexity index is 310. The molecule has 0 aliphatic heterocycles. The molecule has 0 aromatic heterocycles. The first-order valence-corrected chi connectivity index (χ1v) is 4.58. The van der Waals surface area contributed by atoms with Gasteiger partial charge in [0, 0.05) is 0 Å². The average Bonchev–Trinajstić information content (AvgIpc) is 2.28. The third-order valence-corrected chi connectivity index (χ3v) is 2.40. The zero-order valence-electron chi connectivity index (χ0n) is 8.49. The maximum Gasteiger partial charge on any atom is 0.330 e. The molecule has 0 unspecified atom stereocenters. The minimum atomic E-state index is -1.02. The van der Waals surface area contributed by atoms with Crippen molar-refractivity contribution in [3.05, 3.63) is 35.9 Å². The summed E-state index contributed by atoms with van der Waals surface area (Å²) in [6.07, 6.45) is 0.518. The molecule has 76 valence electrons. The molecule has 0 radical (unpaired) electrons. The molecule has 0 saturated carbocycles. The molecule has 3 heteroatoms. The normalized spacial score (nSPS) is 14.5. The maximum atomic E-state index is 11.5. The van der Waals surface area contributed by atoms with Gasteiger partial charge >= 0.3 is 5.97 Å². The van der Waals surface area contributed by atoms with Gasteiger partial charge in [0.15, 0.2) is 0 Å². The van der Waals surface area contributed by atoms with Crippen LogP contribution in [-0.2, 0) is 15.1 Å². The summed E-state index contributed by atoms with van der Waals surface area (Å²) in [5.41, 5.74) is 5.77. The van der Waals surface area contributed by atoms with E-state index in [4.69, 9.17) is 10.5 Å². The Kier molecular flexibility index (Phi) is 3.25. The van der Waals surface area contributed by atoms with Gasteiger partial charge in [0.1, 0.15) is 5.54 Å². The molecule has 0 saturated heterocycles. The molecule has 2 N–H and O–H groups in total. The summed E-state index contributed by atoms with van der Waals surface area (Å²) in [4.78, 5) is 11.5. The zero-order chi connectivity index (χ0) is 10.6. The van der Waals surface area contributed by atoms with Crippen LogP contribution in [0.4, 0.5) is 0 Å². The maximum absolute atomic E-state index is 11.5. The summed E-state index contributed by atoms with van der Waals surface area (Å²) in [7, 11) is 1.35. The Hall–Kier alpha value is -1.35. The van der Waals surface area contributed by atoms with Crippen LogP contribution in [0.2, 0.25) is 0 Å². The van der Waals surface area contributed by atoms with Crippen molar-refractivity contribution in [2.45, 2.75) is 18.9 Å². The van der Waals surface area contributed by atoms with E-state index < -0.39 is 11.5 Å². The van der Waals surface area contributed by atoms with E-state index in [1.165, 1.54) is 7.11 Å². The Balaban J connectivity index is 3.08. The third kappa shape index (κ3) is 1.77. The van der Waals surface area contributed by atoms with E-state index in [0.717, 1.165) is 5.56 Å². The molecule has 0 spiro atoms. The highest BCUT2D eigenvalue weighted by molar-refractivity contribution is 5.82. The highest BCUT2D eigenvalue weighted by atomic mass is 16.5. The van der Waals surface area contributed by atoms with E-state index >= 15 is 0 Å². The van der Waals surface area contributed by atoms with Crippen LogP contribution in [0, 0.1) is 0 Å². The van der Waals surface area contributed by atoms with E-state index in [1.54, 1.807) is 0 Å². The van der Waals surface area contributed by atoms with Crippen molar-refractivity contribution in [2.24, 2.45) is 5.73 Å². The fraction of sp³-hybridized carbons (Fsp3) is 0.364. The zero-order valence-corrected chi connectivity index (χ0v) is 8.49. The standard InChI is InChI=1S/C11H15NO2/c1-3-11(12,10(13)14-2)9-7-5-4-6-8-9/h4-8H,3,12H2,1-2H3/t11-/m1/s1. The van der Waals surface area contributed by atoms with Gasteiger partial charge in [0.25, 0.3) is 0 Å². The molecule has 0 aliphatic rings. The number of carbonyl (C=O) groups excluding carboxylic acids is 1. The molecule has 0 amide bonds. The molecule has 0 fully saturated rings. The van der Waals surface area contributed by atoms with Gasteiger partial charge in [-0.1, -0.05) is 37.3 Å². The summed E-state index contributed by atoms with van der Waals surface area (Å²) in [6, 6.07) is 9.27. The number of rotatable bonds is 3. The van der Waals surface area contributed by atoms with Gasteiger partial charge in [-0.25, -0.2) is 4.79 Å². The first kappa shape index (κ1) is 10.7. The number of ether oxygens (including phenoxy) is 1. The van der Waals surface area contributed by atoms with Crippen molar-refractivity contribution < 1.29 is 9.53 Å². The number of carbonyl (C=O) groups is 1. The molecule has 1 aromatic rings. The van der Waals surface area contributed by atoms with Crippen molar-refractivity contribution in [1.82, 2.24) is 0 Å². The molecule has 1 aromatic carbocycles. The molecule has 3 nitrogen and oxygen atoms in total. The van der Waals surface area contributed by atoms with Crippen molar-refractivity contribution in [2.75, 3.05) is 7.11 Å². The van der Waals surface area contributed by atoms with Crippen LogP contribution in [0.3, 0.4) is 0 Å².